The van der Waals surface area contributed by atoms with E-state index in [0.717, 1.165) is 16.1 Å². The minimum absolute atomic E-state index is 0.0532. The Bertz CT molecular complexity index is 549. The number of aromatic nitrogens is 2. The second-order valence-electron chi connectivity index (χ2n) is 4.96. The lowest BCUT2D eigenvalue weighted by Crippen LogP contribution is -2.16. The van der Waals surface area contributed by atoms with Crippen molar-refractivity contribution >= 4 is 28.7 Å². The summed E-state index contributed by atoms with van der Waals surface area (Å²) in [6.45, 7) is 8.08. The molecule has 0 N–H and O–H groups in total. The van der Waals surface area contributed by atoms with E-state index >= 15 is 0 Å². The molecule has 0 saturated carbocycles. The van der Waals surface area contributed by atoms with Crippen molar-refractivity contribution in [3.05, 3.63) is 32.5 Å². The Morgan fingerprint density at radius 2 is 2.00 bits per heavy atom. The summed E-state index contributed by atoms with van der Waals surface area (Å²) in [5.41, 5.74) is 1.66. The van der Waals surface area contributed by atoms with Gasteiger partial charge in [-0.25, -0.2) is 0 Å². The molecule has 0 aliphatic carbocycles. The molecule has 0 aliphatic heterocycles. The number of nitrogens with zero attached hydrogens (tertiary/aromatic N) is 2. The van der Waals surface area contributed by atoms with Gasteiger partial charge in [-0.15, -0.1) is 16.4 Å². The molecule has 0 spiro atoms. The molecule has 0 aromatic carbocycles. The zero-order valence-corrected chi connectivity index (χ0v) is 11.9. The van der Waals surface area contributed by atoms with Crippen molar-refractivity contribution < 1.29 is 4.79 Å². The van der Waals surface area contributed by atoms with Gasteiger partial charge >= 0.3 is 0 Å². The van der Waals surface area contributed by atoms with E-state index in [0.29, 0.717) is 4.88 Å². The fourth-order valence-electron chi connectivity index (χ4n) is 1.54. The Balaban J connectivity index is 2.46. The Kier molecular flexibility index (Phi) is 3.14. The van der Waals surface area contributed by atoms with Crippen LogP contribution >= 0.6 is 22.9 Å². The van der Waals surface area contributed by atoms with Crippen LogP contribution in [0, 0.1) is 6.92 Å². The Hall–Kier alpha value is -1.07. The number of hydrogen-bond donors (Lipinski definition) is 0. The van der Waals surface area contributed by atoms with E-state index in [2.05, 4.69) is 9.59 Å². The van der Waals surface area contributed by atoms with Crippen molar-refractivity contribution in [3.63, 3.8) is 0 Å². The minimum Gasteiger partial charge on any atom is -0.287 e. The van der Waals surface area contributed by atoms with Gasteiger partial charge in [-0.3, -0.25) is 4.79 Å². The van der Waals surface area contributed by atoms with Gasteiger partial charge in [0.15, 0.2) is 0 Å². The van der Waals surface area contributed by atoms with E-state index in [1.807, 2.05) is 39.1 Å². The second kappa shape index (κ2) is 4.31. The SMILES string of the molecule is Cc1ccsc1C(=O)c1snnc1C(C)(C)C. The Morgan fingerprint density at radius 1 is 1.29 bits per heavy atom. The lowest BCUT2D eigenvalue weighted by atomic mass is 9.90. The predicted octanol–water partition coefficient (Wildman–Crippen LogP) is 3.44. The molecule has 0 amide bonds. The highest BCUT2D eigenvalue weighted by Gasteiger charge is 2.27. The summed E-state index contributed by atoms with van der Waals surface area (Å²) in [7, 11) is 0. The van der Waals surface area contributed by atoms with Crippen LogP contribution in [0.1, 0.15) is 46.6 Å². The van der Waals surface area contributed by atoms with Gasteiger partial charge < -0.3 is 0 Å². The number of rotatable bonds is 2. The summed E-state index contributed by atoms with van der Waals surface area (Å²) in [5, 5.41) is 6.04. The number of hydrogen-bond acceptors (Lipinski definition) is 5. The first-order valence-electron chi connectivity index (χ1n) is 5.33. The van der Waals surface area contributed by atoms with Crippen molar-refractivity contribution in [1.82, 2.24) is 9.59 Å². The number of thiophene rings is 1. The maximum absolute atomic E-state index is 12.4. The standard InChI is InChI=1S/C12H14N2OS2/c1-7-5-6-16-9(7)8(15)10-11(12(2,3)4)13-14-17-10/h5-6H,1-4H3. The molecule has 0 atom stereocenters. The number of carbonyl (C=O) groups excluding carboxylic acids is 1. The molecule has 0 saturated heterocycles. The van der Waals surface area contributed by atoms with Crippen LogP contribution in [0.15, 0.2) is 11.4 Å². The topological polar surface area (TPSA) is 42.9 Å². The quantitative estimate of drug-likeness (QED) is 0.782. The van der Waals surface area contributed by atoms with Crippen LogP contribution in [0.3, 0.4) is 0 Å². The zero-order valence-electron chi connectivity index (χ0n) is 10.3. The molecule has 2 aromatic heterocycles. The summed E-state index contributed by atoms with van der Waals surface area (Å²) < 4.78 is 3.92. The van der Waals surface area contributed by atoms with Crippen LogP contribution in [0.25, 0.3) is 0 Å². The molecular formula is C12H14N2OS2. The molecule has 90 valence electrons. The molecule has 3 nitrogen and oxygen atoms in total. The Morgan fingerprint density at radius 3 is 2.53 bits per heavy atom. The molecule has 2 heterocycles. The molecule has 0 fully saturated rings. The maximum Gasteiger partial charge on any atom is 0.216 e. The first-order chi connectivity index (χ1) is 7.91. The highest BCUT2D eigenvalue weighted by atomic mass is 32.1. The largest absolute Gasteiger partial charge is 0.287 e. The van der Waals surface area contributed by atoms with E-state index < -0.39 is 0 Å². The molecule has 2 aromatic rings. The zero-order chi connectivity index (χ0) is 12.6. The molecule has 17 heavy (non-hydrogen) atoms. The van der Waals surface area contributed by atoms with Crippen molar-refractivity contribution in [2.45, 2.75) is 33.1 Å². The van der Waals surface area contributed by atoms with Gasteiger partial charge in [0.1, 0.15) is 4.88 Å². The van der Waals surface area contributed by atoms with Crippen LogP contribution in [0.2, 0.25) is 0 Å². The summed E-state index contributed by atoms with van der Waals surface area (Å²) in [6, 6.07) is 1.96. The summed E-state index contributed by atoms with van der Waals surface area (Å²) in [5.74, 6) is 0.0532. The van der Waals surface area contributed by atoms with Crippen molar-refractivity contribution in [1.29, 1.82) is 0 Å². The van der Waals surface area contributed by atoms with Crippen molar-refractivity contribution in [2.24, 2.45) is 0 Å². The summed E-state index contributed by atoms with van der Waals surface area (Å²) in [6.07, 6.45) is 0. The van der Waals surface area contributed by atoms with Crippen molar-refractivity contribution in [2.75, 3.05) is 0 Å². The third-order valence-corrected chi connectivity index (χ3v) is 4.21. The van der Waals surface area contributed by atoms with Crippen molar-refractivity contribution in [3.8, 4) is 0 Å². The molecule has 5 heteroatoms. The maximum atomic E-state index is 12.4. The fourth-order valence-corrected chi connectivity index (χ4v) is 3.30. The van der Waals surface area contributed by atoms with Gasteiger partial charge in [0.25, 0.3) is 0 Å². The van der Waals surface area contributed by atoms with Gasteiger partial charge in [0.2, 0.25) is 5.78 Å². The monoisotopic (exact) mass is 266 g/mol. The van der Waals surface area contributed by atoms with E-state index in [4.69, 9.17) is 0 Å². The third-order valence-electron chi connectivity index (χ3n) is 2.47. The average Bonchev–Trinajstić information content (AvgIpc) is 2.82. The fraction of sp³-hybridized carbons (Fsp3) is 0.417. The number of carbonyl (C=O) groups is 1. The number of ketones is 1. The smallest absolute Gasteiger partial charge is 0.216 e. The highest BCUT2D eigenvalue weighted by molar-refractivity contribution is 7.14. The molecule has 0 aliphatic rings. The van der Waals surface area contributed by atoms with Crippen LogP contribution in [-0.2, 0) is 5.41 Å². The van der Waals surface area contributed by atoms with E-state index in [-0.39, 0.29) is 11.2 Å². The summed E-state index contributed by atoms with van der Waals surface area (Å²) in [4.78, 5) is 13.9. The van der Waals surface area contributed by atoms with Gasteiger partial charge in [0, 0.05) is 5.41 Å². The first-order valence-corrected chi connectivity index (χ1v) is 6.98. The van der Waals surface area contributed by atoms with Gasteiger partial charge in [0.05, 0.1) is 10.6 Å². The molecule has 0 radical (unpaired) electrons. The van der Waals surface area contributed by atoms with Crippen LogP contribution in [0.5, 0.6) is 0 Å². The van der Waals surface area contributed by atoms with Crippen LogP contribution < -0.4 is 0 Å². The lowest BCUT2D eigenvalue weighted by molar-refractivity contribution is 0.104. The second-order valence-corrected chi connectivity index (χ2v) is 6.63. The van der Waals surface area contributed by atoms with Crippen LogP contribution in [-0.4, -0.2) is 15.4 Å². The van der Waals surface area contributed by atoms with E-state index in [1.165, 1.54) is 22.9 Å². The number of aryl methyl sites for hydroxylation is 1. The minimum atomic E-state index is -0.150. The Labute approximate surface area is 109 Å². The van der Waals surface area contributed by atoms with Gasteiger partial charge in [-0.05, 0) is 35.5 Å². The predicted molar refractivity (Wildman–Crippen MR) is 71.1 cm³/mol. The first kappa shape index (κ1) is 12.4. The van der Waals surface area contributed by atoms with E-state index in [9.17, 15) is 4.79 Å². The van der Waals surface area contributed by atoms with E-state index in [1.54, 1.807) is 0 Å². The van der Waals surface area contributed by atoms with Crippen LogP contribution in [0.4, 0.5) is 0 Å². The normalized spacial score (nSPS) is 11.8. The third kappa shape index (κ3) is 2.30. The van der Waals surface area contributed by atoms with Gasteiger partial charge in [-0.1, -0.05) is 25.3 Å². The summed E-state index contributed by atoms with van der Waals surface area (Å²) >= 11 is 2.66. The molecular weight excluding hydrogens is 252 g/mol. The highest BCUT2D eigenvalue weighted by Crippen LogP contribution is 2.29. The average molecular weight is 266 g/mol. The molecule has 2 rings (SSSR count). The molecule has 0 unspecified atom stereocenters. The van der Waals surface area contributed by atoms with Gasteiger partial charge in [-0.2, -0.15) is 0 Å². The molecule has 0 bridgehead atoms. The lowest BCUT2D eigenvalue weighted by Gasteiger charge is -2.15.